The number of aliphatic hydroxyl groups is 1. The van der Waals surface area contributed by atoms with Crippen molar-refractivity contribution in [1.82, 2.24) is 5.32 Å². The Balaban J connectivity index is 2.52. The SMILES string of the molecule is COCC(CCO)NC(=O)Cc1ccccc1Cl. The number of aliphatic hydroxyl groups excluding tert-OH is 1. The number of hydrogen-bond donors (Lipinski definition) is 2. The lowest BCUT2D eigenvalue weighted by Crippen LogP contribution is -2.39. The summed E-state index contributed by atoms with van der Waals surface area (Å²) >= 11 is 5.98. The first-order valence-corrected chi connectivity index (χ1v) is 6.17. The van der Waals surface area contributed by atoms with E-state index in [0.29, 0.717) is 18.1 Å². The molecule has 0 bridgehead atoms. The summed E-state index contributed by atoms with van der Waals surface area (Å²) in [5.41, 5.74) is 0.789. The minimum Gasteiger partial charge on any atom is -0.396 e. The first kappa shape index (κ1) is 15.0. The molecule has 1 aromatic rings. The van der Waals surface area contributed by atoms with Crippen LogP contribution in [-0.2, 0) is 16.0 Å². The fraction of sp³-hybridized carbons (Fsp3) is 0.462. The number of rotatable bonds is 7. The molecule has 4 nitrogen and oxygen atoms in total. The summed E-state index contributed by atoms with van der Waals surface area (Å²) in [5.74, 6) is -0.126. The molecule has 100 valence electrons. The number of amides is 1. The molecular weight excluding hydrogens is 254 g/mol. The summed E-state index contributed by atoms with van der Waals surface area (Å²) in [6.07, 6.45) is 0.702. The molecule has 18 heavy (non-hydrogen) atoms. The van der Waals surface area contributed by atoms with Crippen molar-refractivity contribution in [2.45, 2.75) is 18.9 Å². The molecule has 2 N–H and O–H groups in total. The van der Waals surface area contributed by atoms with E-state index in [4.69, 9.17) is 21.4 Å². The van der Waals surface area contributed by atoms with Crippen LogP contribution in [-0.4, -0.2) is 37.4 Å². The normalized spacial score (nSPS) is 12.2. The first-order chi connectivity index (χ1) is 8.67. The minimum absolute atomic E-state index is 0.0143. The van der Waals surface area contributed by atoms with E-state index < -0.39 is 0 Å². The summed E-state index contributed by atoms with van der Waals surface area (Å²) in [6.45, 7) is 0.398. The number of ether oxygens (including phenoxy) is 1. The van der Waals surface area contributed by atoms with Crippen molar-refractivity contribution in [3.63, 3.8) is 0 Å². The highest BCUT2D eigenvalue weighted by molar-refractivity contribution is 6.31. The molecule has 0 aliphatic rings. The van der Waals surface area contributed by atoms with Gasteiger partial charge in [0.05, 0.1) is 19.1 Å². The van der Waals surface area contributed by atoms with Gasteiger partial charge in [-0.1, -0.05) is 29.8 Å². The summed E-state index contributed by atoms with van der Waals surface area (Å²) in [6, 6.07) is 7.07. The lowest BCUT2D eigenvalue weighted by atomic mass is 10.1. The molecule has 1 atom stereocenters. The molecule has 1 aromatic carbocycles. The second-order valence-corrected chi connectivity index (χ2v) is 4.41. The summed E-state index contributed by atoms with van der Waals surface area (Å²) < 4.78 is 4.98. The van der Waals surface area contributed by atoms with Gasteiger partial charge in [0, 0.05) is 18.7 Å². The Bertz CT molecular complexity index is 378. The molecule has 1 amide bonds. The van der Waals surface area contributed by atoms with Gasteiger partial charge in [-0.2, -0.15) is 0 Å². The van der Waals surface area contributed by atoms with Gasteiger partial charge < -0.3 is 15.2 Å². The summed E-state index contributed by atoms with van der Waals surface area (Å²) in [5, 5.41) is 12.3. The van der Waals surface area contributed by atoms with Crippen molar-refractivity contribution in [3.8, 4) is 0 Å². The van der Waals surface area contributed by atoms with Gasteiger partial charge in [-0.3, -0.25) is 4.79 Å². The van der Waals surface area contributed by atoms with Gasteiger partial charge in [0.25, 0.3) is 0 Å². The second-order valence-electron chi connectivity index (χ2n) is 4.00. The van der Waals surface area contributed by atoms with Crippen LogP contribution in [0, 0.1) is 0 Å². The Kier molecular flexibility index (Phi) is 6.72. The summed E-state index contributed by atoms with van der Waals surface area (Å²) in [7, 11) is 1.56. The standard InChI is InChI=1S/C13H18ClNO3/c1-18-9-11(6-7-16)15-13(17)8-10-4-2-3-5-12(10)14/h2-5,11,16H,6-9H2,1H3,(H,15,17). The van der Waals surface area contributed by atoms with Crippen molar-refractivity contribution < 1.29 is 14.6 Å². The van der Waals surface area contributed by atoms with Crippen LogP contribution in [0.25, 0.3) is 0 Å². The Hall–Kier alpha value is -1.10. The van der Waals surface area contributed by atoms with E-state index in [1.165, 1.54) is 0 Å². The highest BCUT2D eigenvalue weighted by Gasteiger charge is 2.13. The fourth-order valence-corrected chi connectivity index (χ4v) is 1.85. The van der Waals surface area contributed by atoms with Crippen molar-refractivity contribution >= 4 is 17.5 Å². The van der Waals surface area contributed by atoms with Gasteiger partial charge >= 0.3 is 0 Å². The van der Waals surface area contributed by atoms with E-state index in [1.54, 1.807) is 13.2 Å². The topological polar surface area (TPSA) is 58.6 Å². The van der Waals surface area contributed by atoms with Crippen LogP contribution in [0.3, 0.4) is 0 Å². The molecule has 0 aliphatic carbocycles. The Morgan fingerprint density at radius 3 is 2.83 bits per heavy atom. The highest BCUT2D eigenvalue weighted by atomic mass is 35.5. The smallest absolute Gasteiger partial charge is 0.224 e. The van der Waals surface area contributed by atoms with Gasteiger partial charge in [-0.15, -0.1) is 0 Å². The van der Waals surface area contributed by atoms with Crippen LogP contribution < -0.4 is 5.32 Å². The molecule has 0 heterocycles. The number of nitrogens with one attached hydrogen (secondary N) is 1. The van der Waals surface area contributed by atoms with Gasteiger partial charge in [0.2, 0.25) is 5.91 Å². The summed E-state index contributed by atoms with van der Waals surface area (Å²) in [4.78, 5) is 11.8. The van der Waals surface area contributed by atoms with Crippen molar-refractivity contribution in [3.05, 3.63) is 34.9 Å². The Morgan fingerprint density at radius 1 is 1.50 bits per heavy atom. The molecule has 0 saturated heterocycles. The first-order valence-electron chi connectivity index (χ1n) is 5.80. The van der Waals surface area contributed by atoms with Crippen molar-refractivity contribution in [2.24, 2.45) is 0 Å². The third-order valence-electron chi connectivity index (χ3n) is 2.52. The lowest BCUT2D eigenvalue weighted by molar-refractivity contribution is -0.121. The third-order valence-corrected chi connectivity index (χ3v) is 2.89. The maximum atomic E-state index is 11.8. The van der Waals surface area contributed by atoms with Gasteiger partial charge in [-0.05, 0) is 18.1 Å². The fourth-order valence-electron chi connectivity index (χ4n) is 1.65. The molecule has 0 radical (unpaired) electrons. The third kappa shape index (κ3) is 5.04. The average Bonchev–Trinajstić information content (AvgIpc) is 2.33. The van der Waals surface area contributed by atoms with Crippen LogP contribution in [0.2, 0.25) is 5.02 Å². The maximum absolute atomic E-state index is 11.8. The molecule has 5 heteroatoms. The lowest BCUT2D eigenvalue weighted by Gasteiger charge is -2.17. The molecule has 1 unspecified atom stereocenters. The van der Waals surface area contributed by atoms with Crippen LogP contribution in [0.1, 0.15) is 12.0 Å². The van der Waals surface area contributed by atoms with Crippen LogP contribution in [0.4, 0.5) is 0 Å². The zero-order valence-corrected chi connectivity index (χ0v) is 11.1. The van der Waals surface area contributed by atoms with E-state index in [2.05, 4.69) is 5.32 Å². The minimum atomic E-state index is -0.171. The molecule has 0 saturated carbocycles. The predicted octanol–water partition coefficient (Wildman–Crippen LogP) is 1.40. The average molecular weight is 272 g/mol. The quantitative estimate of drug-likeness (QED) is 0.788. The van der Waals surface area contributed by atoms with E-state index >= 15 is 0 Å². The monoisotopic (exact) mass is 271 g/mol. The van der Waals surface area contributed by atoms with E-state index in [0.717, 1.165) is 5.56 Å². The van der Waals surface area contributed by atoms with E-state index in [9.17, 15) is 4.79 Å². The van der Waals surface area contributed by atoms with Crippen LogP contribution in [0.5, 0.6) is 0 Å². The molecule has 1 rings (SSSR count). The Morgan fingerprint density at radius 2 is 2.22 bits per heavy atom. The number of hydrogen-bond acceptors (Lipinski definition) is 3. The van der Waals surface area contributed by atoms with Gasteiger partial charge in [-0.25, -0.2) is 0 Å². The highest BCUT2D eigenvalue weighted by Crippen LogP contribution is 2.15. The molecule has 0 aliphatic heterocycles. The number of halogens is 1. The van der Waals surface area contributed by atoms with E-state index in [1.807, 2.05) is 18.2 Å². The predicted molar refractivity (Wildman–Crippen MR) is 70.7 cm³/mol. The molecular formula is C13H18ClNO3. The second kappa shape index (κ2) is 8.08. The van der Waals surface area contributed by atoms with Crippen LogP contribution >= 0.6 is 11.6 Å². The van der Waals surface area contributed by atoms with Gasteiger partial charge in [0.1, 0.15) is 0 Å². The molecule has 0 spiro atoms. The van der Waals surface area contributed by atoms with E-state index in [-0.39, 0.29) is 25.0 Å². The molecule has 0 fully saturated rings. The maximum Gasteiger partial charge on any atom is 0.224 e. The Labute approximate surface area is 112 Å². The van der Waals surface area contributed by atoms with Gasteiger partial charge in [0.15, 0.2) is 0 Å². The van der Waals surface area contributed by atoms with Crippen molar-refractivity contribution in [2.75, 3.05) is 20.3 Å². The zero-order valence-electron chi connectivity index (χ0n) is 10.4. The zero-order chi connectivity index (χ0) is 13.4. The number of benzene rings is 1. The van der Waals surface area contributed by atoms with Crippen LogP contribution in [0.15, 0.2) is 24.3 Å². The largest absolute Gasteiger partial charge is 0.396 e. The van der Waals surface area contributed by atoms with Crippen molar-refractivity contribution in [1.29, 1.82) is 0 Å². The number of methoxy groups -OCH3 is 1. The number of carbonyl (C=O) groups is 1. The number of carbonyl (C=O) groups excluding carboxylic acids is 1. The molecule has 0 aromatic heterocycles.